The summed E-state index contributed by atoms with van der Waals surface area (Å²) >= 11 is 6.30. The molecule has 1 N–H and O–H groups in total. The molecule has 0 amide bonds. The number of para-hydroxylation sites is 1. The molecule has 160 valence electrons. The predicted octanol–water partition coefficient (Wildman–Crippen LogP) is 2.33. The maximum atomic E-state index is 11.6. The minimum Gasteiger partial charge on any atom is -0.367 e. The van der Waals surface area contributed by atoms with Gasteiger partial charge in [-0.25, -0.2) is 12.7 Å². The molecule has 0 spiro atoms. The van der Waals surface area contributed by atoms with Gasteiger partial charge in [0.15, 0.2) is 5.96 Å². The molecular weight excluding hydrogens is 513 g/mol. The minimum atomic E-state index is -3.13. The molecule has 0 atom stereocenters. The SMILES string of the molecule is CCN(CCCNC(=NC)N1CCN(c2ccccc2Cl)CC1)S(C)(=O)=O.I. The summed E-state index contributed by atoms with van der Waals surface area (Å²) in [6.45, 7) is 7.02. The molecule has 1 aliphatic heterocycles. The number of piperazine rings is 1. The van der Waals surface area contributed by atoms with Crippen molar-refractivity contribution >= 4 is 57.2 Å². The molecule has 1 fully saturated rings. The van der Waals surface area contributed by atoms with Crippen LogP contribution in [0.1, 0.15) is 13.3 Å². The first-order valence-corrected chi connectivity index (χ1v) is 11.5. The van der Waals surface area contributed by atoms with Gasteiger partial charge in [0, 0.05) is 52.9 Å². The van der Waals surface area contributed by atoms with Crippen molar-refractivity contribution in [3.8, 4) is 0 Å². The second-order valence-corrected chi connectivity index (χ2v) is 8.90. The molecule has 0 saturated carbocycles. The van der Waals surface area contributed by atoms with E-state index in [-0.39, 0.29) is 24.0 Å². The smallest absolute Gasteiger partial charge is 0.211 e. The first-order valence-electron chi connectivity index (χ1n) is 9.27. The Labute approximate surface area is 191 Å². The maximum absolute atomic E-state index is 11.6. The third-order valence-corrected chi connectivity index (χ3v) is 6.37. The van der Waals surface area contributed by atoms with Crippen molar-refractivity contribution in [2.24, 2.45) is 4.99 Å². The molecule has 0 aliphatic carbocycles. The van der Waals surface area contributed by atoms with Crippen molar-refractivity contribution in [1.82, 2.24) is 14.5 Å². The van der Waals surface area contributed by atoms with Crippen molar-refractivity contribution in [1.29, 1.82) is 0 Å². The van der Waals surface area contributed by atoms with E-state index in [2.05, 4.69) is 20.1 Å². The summed E-state index contributed by atoms with van der Waals surface area (Å²) in [7, 11) is -1.35. The summed E-state index contributed by atoms with van der Waals surface area (Å²) in [6.07, 6.45) is 1.99. The molecule has 1 saturated heterocycles. The number of hydrogen-bond donors (Lipinski definition) is 1. The van der Waals surface area contributed by atoms with Crippen LogP contribution >= 0.6 is 35.6 Å². The van der Waals surface area contributed by atoms with Crippen LogP contribution in [0.2, 0.25) is 5.02 Å². The van der Waals surface area contributed by atoms with Gasteiger partial charge in [-0.1, -0.05) is 30.7 Å². The topological polar surface area (TPSA) is 68.2 Å². The van der Waals surface area contributed by atoms with Crippen molar-refractivity contribution in [3.63, 3.8) is 0 Å². The van der Waals surface area contributed by atoms with Crippen LogP contribution < -0.4 is 10.2 Å². The molecule has 7 nitrogen and oxygen atoms in total. The second kappa shape index (κ2) is 12.0. The average molecular weight is 544 g/mol. The van der Waals surface area contributed by atoms with Crippen LogP contribution in [0.3, 0.4) is 0 Å². The summed E-state index contributed by atoms with van der Waals surface area (Å²) in [5.41, 5.74) is 1.07. The second-order valence-electron chi connectivity index (χ2n) is 6.51. The van der Waals surface area contributed by atoms with Crippen molar-refractivity contribution in [2.45, 2.75) is 13.3 Å². The number of hydrogen-bond acceptors (Lipinski definition) is 4. The Balaban J connectivity index is 0.00000392. The van der Waals surface area contributed by atoms with Gasteiger partial charge >= 0.3 is 0 Å². The third kappa shape index (κ3) is 7.23. The Kier molecular flexibility index (Phi) is 10.9. The van der Waals surface area contributed by atoms with Gasteiger partial charge in [-0.15, -0.1) is 24.0 Å². The highest BCUT2D eigenvalue weighted by molar-refractivity contribution is 14.0. The van der Waals surface area contributed by atoms with Crippen LogP contribution in [-0.4, -0.2) is 82.7 Å². The van der Waals surface area contributed by atoms with Gasteiger partial charge in [0.1, 0.15) is 0 Å². The summed E-state index contributed by atoms with van der Waals surface area (Å²) in [5.74, 6) is 0.858. The molecule has 10 heteroatoms. The van der Waals surface area contributed by atoms with Crippen LogP contribution in [0.15, 0.2) is 29.3 Å². The fourth-order valence-electron chi connectivity index (χ4n) is 3.21. The van der Waals surface area contributed by atoms with Gasteiger partial charge in [-0.3, -0.25) is 4.99 Å². The highest BCUT2D eigenvalue weighted by Crippen LogP contribution is 2.25. The number of aliphatic imine (C=N–C) groups is 1. The Morgan fingerprint density at radius 3 is 2.43 bits per heavy atom. The number of nitrogens with zero attached hydrogens (tertiary/aromatic N) is 4. The lowest BCUT2D eigenvalue weighted by atomic mass is 10.2. The normalized spacial score (nSPS) is 15.5. The van der Waals surface area contributed by atoms with Gasteiger partial charge in [0.05, 0.1) is 17.0 Å². The predicted molar refractivity (Wildman–Crippen MR) is 129 cm³/mol. The zero-order valence-corrected chi connectivity index (χ0v) is 20.7. The number of halogens is 2. The summed E-state index contributed by atoms with van der Waals surface area (Å²) in [4.78, 5) is 8.88. The van der Waals surface area contributed by atoms with Gasteiger partial charge in [0.25, 0.3) is 0 Å². The quantitative estimate of drug-likeness (QED) is 0.247. The van der Waals surface area contributed by atoms with E-state index in [0.29, 0.717) is 19.6 Å². The molecule has 1 aromatic carbocycles. The highest BCUT2D eigenvalue weighted by atomic mass is 127. The number of sulfonamides is 1. The summed E-state index contributed by atoms with van der Waals surface area (Å²) in [6, 6.07) is 7.91. The van der Waals surface area contributed by atoms with Gasteiger partial charge in [0.2, 0.25) is 10.0 Å². The Morgan fingerprint density at radius 1 is 1.25 bits per heavy atom. The standard InChI is InChI=1S/C18H30ClN5O2S.HI/c1-4-24(27(3,25)26)11-7-10-21-18(20-2)23-14-12-22(13-15-23)17-9-6-5-8-16(17)19;/h5-6,8-9H,4,7,10-15H2,1-3H3,(H,20,21);1H. The van der Waals surface area contributed by atoms with E-state index >= 15 is 0 Å². The number of nitrogens with one attached hydrogen (secondary N) is 1. The first kappa shape index (κ1) is 25.3. The van der Waals surface area contributed by atoms with E-state index in [4.69, 9.17) is 11.6 Å². The molecule has 0 radical (unpaired) electrons. The fourth-order valence-corrected chi connectivity index (χ4v) is 4.40. The van der Waals surface area contributed by atoms with Gasteiger partial charge < -0.3 is 15.1 Å². The van der Waals surface area contributed by atoms with Crippen LogP contribution in [-0.2, 0) is 10.0 Å². The highest BCUT2D eigenvalue weighted by Gasteiger charge is 2.21. The molecule has 0 bridgehead atoms. The molecule has 0 aromatic heterocycles. The van der Waals surface area contributed by atoms with Crippen LogP contribution in [0.4, 0.5) is 5.69 Å². The van der Waals surface area contributed by atoms with Crippen LogP contribution in [0.25, 0.3) is 0 Å². The third-order valence-electron chi connectivity index (χ3n) is 4.67. The molecule has 1 aliphatic rings. The van der Waals surface area contributed by atoms with Crippen molar-refractivity contribution in [2.75, 3.05) is 64.0 Å². The average Bonchev–Trinajstić information content (AvgIpc) is 2.64. The van der Waals surface area contributed by atoms with Crippen LogP contribution in [0, 0.1) is 0 Å². The Bertz CT molecular complexity index is 739. The van der Waals surface area contributed by atoms with Gasteiger partial charge in [-0.2, -0.15) is 0 Å². The van der Waals surface area contributed by atoms with Gasteiger partial charge in [-0.05, 0) is 18.6 Å². The molecule has 1 aromatic rings. The molecule has 0 unspecified atom stereocenters. The lowest BCUT2D eigenvalue weighted by Gasteiger charge is -2.38. The van der Waals surface area contributed by atoms with Crippen molar-refractivity contribution in [3.05, 3.63) is 29.3 Å². The van der Waals surface area contributed by atoms with Crippen molar-refractivity contribution < 1.29 is 8.42 Å². The first-order chi connectivity index (χ1) is 12.9. The maximum Gasteiger partial charge on any atom is 0.211 e. The van der Waals surface area contributed by atoms with Crippen LogP contribution in [0.5, 0.6) is 0 Å². The number of rotatable bonds is 7. The zero-order valence-electron chi connectivity index (χ0n) is 16.8. The monoisotopic (exact) mass is 543 g/mol. The molecular formula is C18H31ClIN5O2S. The number of benzene rings is 1. The lowest BCUT2D eigenvalue weighted by Crippen LogP contribution is -2.52. The molecule has 28 heavy (non-hydrogen) atoms. The molecule has 2 rings (SSSR count). The summed E-state index contributed by atoms with van der Waals surface area (Å²) < 4.78 is 24.7. The van der Waals surface area contributed by atoms with E-state index in [1.807, 2.05) is 31.2 Å². The lowest BCUT2D eigenvalue weighted by molar-refractivity contribution is 0.370. The van der Waals surface area contributed by atoms with E-state index in [9.17, 15) is 8.42 Å². The number of guanidine groups is 1. The van der Waals surface area contributed by atoms with E-state index < -0.39 is 10.0 Å². The van der Waals surface area contributed by atoms with E-state index in [1.54, 1.807) is 7.05 Å². The van der Waals surface area contributed by atoms with E-state index in [1.165, 1.54) is 10.6 Å². The Morgan fingerprint density at radius 2 is 1.89 bits per heavy atom. The largest absolute Gasteiger partial charge is 0.367 e. The fraction of sp³-hybridized carbons (Fsp3) is 0.611. The Hall–Kier alpha value is -0.780. The number of anilines is 1. The van der Waals surface area contributed by atoms with E-state index in [0.717, 1.165) is 49.3 Å². The molecule has 1 heterocycles. The zero-order chi connectivity index (χ0) is 19.9. The summed E-state index contributed by atoms with van der Waals surface area (Å²) in [5, 5.41) is 4.12. The minimum absolute atomic E-state index is 0.